The number of hydrogen-bond donors (Lipinski definition) is 1. The highest BCUT2D eigenvalue weighted by Gasteiger charge is 2.47. The van der Waals surface area contributed by atoms with Crippen molar-refractivity contribution in [3.8, 4) is 11.5 Å². The summed E-state index contributed by atoms with van der Waals surface area (Å²) < 4.78 is 24.3. The number of carbonyl (C=O) groups excluding carboxylic acids is 2. The second-order valence-corrected chi connectivity index (χ2v) is 7.81. The van der Waals surface area contributed by atoms with Crippen molar-refractivity contribution in [2.24, 2.45) is 0 Å². The molecule has 1 fully saturated rings. The van der Waals surface area contributed by atoms with Crippen LogP contribution in [-0.4, -0.2) is 31.0 Å². The number of ketones is 1. The van der Waals surface area contributed by atoms with E-state index in [1.165, 1.54) is 43.4 Å². The molecule has 1 atom stereocenters. The van der Waals surface area contributed by atoms with Gasteiger partial charge in [0.05, 0.1) is 31.4 Å². The molecule has 3 aromatic rings. The Bertz CT molecular complexity index is 1270. The molecule has 3 aromatic carbocycles. The molecule has 4 rings (SSSR count). The number of nitrogens with zero attached hydrogens (tertiary/aromatic N) is 1. The number of anilines is 1. The van der Waals surface area contributed by atoms with E-state index in [4.69, 9.17) is 9.47 Å². The third-order valence-electron chi connectivity index (χ3n) is 5.92. The van der Waals surface area contributed by atoms with Crippen molar-refractivity contribution in [1.82, 2.24) is 0 Å². The van der Waals surface area contributed by atoms with Gasteiger partial charge in [-0.3, -0.25) is 14.5 Å². The average molecular weight is 461 g/mol. The highest BCUT2D eigenvalue weighted by atomic mass is 19.1. The number of aliphatic hydroxyl groups excluding tert-OH is 1. The molecule has 0 aliphatic carbocycles. The molecule has 0 aromatic heterocycles. The Labute approximate surface area is 196 Å². The van der Waals surface area contributed by atoms with E-state index in [1.54, 1.807) is 30.3 Å². The van der Waals surface area contributed by atoms with E-state index >= 15 is 0 Å². The minimum atomic E-state index is -0.958. The van der Waals surface area contributed by atoms with Gasteiger partial charge < -0.3 is 14.6 Å². The lowest BCUT2D eigenvalue weighted by Crippen LogP contribution is -2.29. The maximum Gasteiger partial charge on any atom is 0.300 e. The van der Waals surface area contributed by atoms with Gasteiger partial charge in [0, 0.05) is 11.8 Å². The topological polar surface area (TPSA) is 76.1 Å². The SMILES string of the molecule is CCc1ccc(N2C(=O)C(=O)/C(=C(\O)c3ccc(OC)cc3OC)C2c2ccc(F)cc2)cc1. The molecule has 1 unspecified atom stereocenters. The number of benzene rings is 3. The fourth-order valence-corrected chi connectivity index (χ4v) is 4.09. The molecule has 7 heteroatoms. The van der Waals surface area contributed by atoms with E-state index in [2.05, 4.69) is 0 Å². The number of aliphatic hydroxyl groups is 1. The largest absolute Gasteiger partial charge is 0.507 e. The Balaban J connectivity index is 1.94. The first-order chi connectivity index (χ1) is 16.4. The molecule has 174 valence electrons. The van der Waals surface area contributed by atoms with Crippen molar-refractivity contribution < 1.29 is 28.6 Å². The molecule has 34 heavy (non-hydrogen) atoms. The summed E-state index contributed by atoms with van der Waals surface area (Å²) in [5.74, 6) is -1.70. The first kappa shape index (κ1) is 23.0. The van der Waals surface area contributed by atoms with Gasteiger partial charge >= 0.3 is 0 Å². The van der Waals surface area contributed by atoms with Gasteiger partial charge in [0.2, 0.25) is 0 Å². The molecular formula is C27H24FNO5. The van der Waals surface area contributed by atoms with Crippen LogP contribution in [0.4, 0.5) is 10.1 Å². The minimum absolute atomic E-state index is 0.111. The van der Waals surface area contributed by atoms with Crippen LogP contribution in [0.15, 0.2) is 72.3 Å². The molecule has 0 saturated carbocycles. The summed E-state index contributed by atoms with van der Waals surface area (Å²) in [6.45, 7) is 2.02. The van der Waals surface area contributed by atoms with E-state index < -0.39 is 23.5 Å². The van der Waals surface area contributed by atoms with Crippen LogP contribution in [0.5, 0.6) is 11.5 Å². The van der Waals surface area contributed by atoms with Gasteiger partial charge in [-0.15, -0.1) is 0 Å². The first-order valence-electron chi connectivity index (χ1n) is 10.8. The quantitative estimate of drug-likeness (QED) is 0.317. The van der Waals surface area contributed by atoms with Gasteiger partial charge in [-0.1, -0.05) is 31.2 Å². The molecule has 6 nitrogen and oxygen atoms in total. The van der Waals surface area contributed by atoms with Crippen LogP contribution in [0.1, 0.15) is 29.7 Å². The number of rotatable bonds is 6. The zero-order valence-electron chi connectivity index (χ0n) is 19.0. The molecule has 1 N–H and O–H groups in total. The molecule has 1 aliphatic rings. The van der Waals surface area contributed by atoms with Crippen molar-refractivity contribution >= 4 is 23.1 Å². The van der Waals surface area contributed by atoms with E-state index in [0.717, 1.165) is 12.0 Å². The van der Waals surface area contributed by atoms with Gasteiger partial charge in [0.1, 0.15) is 23.1 Å². The Morgan fingerprint density at radius 3 is 2.24 bits per heavy atom. The summed E-state index contributed by atoms with van der Waals surface area (Å²) in [5, 5.41) is 11.3. The molecule has 1 amide bonds. The van der Waals surface area contributed by atoms with E-state index in [0.29, 0.717) is 17.0 Å². The second-order valence-electron chi connectivity index (χ2n) is 7.81. The summed E-state index contributed by atoms with van der Waals surface area (Å²) in [6, 6.07) is 16.6. The molecule has 0 spiro atoms. The number of methoxy groups -OCH3 is 2. The number of Topliss-reactive ketones (excluding diaryl/α,β-unsaturated/α-hetero) is 1. The molecule has 1 saturated heterocycles. The number of carbonyl (C=O) groups is 2. The van der Waals surface area contributed by atoms with Crippen molar-refractivity contribution in [3.63, 3.8) is 0 Å². The summed E-state index contributed by atoms with van der Waals surface area (Å²) in [6.07, 6.45) is 0.817. The minimum Gasteiger partial charge on any atom is -0.507 e. The lowest BCUT2D eigenvalue weighted by molar-refractivity contribution is -0.132. The zero-order valence-corrected chi connectivity index (χ0v) is 19.0. The van der Waals surface area contributed by atoms with Crippen LogP contribution in [0, 0.1) is 5.82 Å². The molecular weight excluding hydrogens is 437 g/mol. The summed E-state index contributed by atoms with van der Waals surface area (Å²) in [5.41, 5.74) is 2.17. The average Bonchev–Trinajstić information content (AvgIpc) is 3.13. The highest BCUT2D eigenvalue weighted by Crippen LogP contribution is 2.43. The van der Waals surface area contributed by atoms with Crippen LogP contribution in [0.25, 0.3) is 5.76 Å². The van der Waals surface area contributed by atoms with Gasteiger partial charge in [0.15, 0.2) is 0 Å². The first-order valence-corrected chi connectivity index (χ1v) is 10.8. The van der Waals surface area contributed by atoms with Gasteiger partial charge in [-0.25, -0.2) is 4.39 Å². The summed E-state index contributed by atoms with van der Waals surface area (Å²) >= 11 is 0. The summed E-state index contributed by atoms with van der Waals surface area (Å²) in [7, 11) is 2.93. The number of aryl methyl sites for hydroxylation is 1. The third kappa shape index (κ3) is 4.01. The zero-order chi connectivity index (χ0) is 24.4. The van der Waals surface area contributed by atoms with Crippen molar-refractivity contribution in [3.05, 3.63) is 94.8 Å². The predicted octanol–water partition coefficient (Wildman–Crippen LogP) is 5.03. The van der Waals surface area contributed by atoms with Crippen LogP contribution in [0.2, 0.25) is 0 Å². The molecule has 1 heterocycles. The number of halogens is 1. The Morgan fingerprint density at radius 1 is 0.971 bits per heavy atom. The van der Waals surface area contributed by atoms with E-state index in [9.17, 15) is 19.1 Å². The maximum absolute atomic E-state index is 13.7. The Morgan fingerprint density at radius 2 is 1.65 bits per heavy atom. The van der Waals surface area contributed by atoms with Crippen molar-refractivity contribution in [2.75, 3.05) is 19.1 Å². The van der Waals surface area contributed by atoms with Crippen molar-refractivity contribution in [2.45, 2.75) is 19.4 Å². The van der Waals surface area contributed by atoms with Crippen LogP contribution in [-0.2, 0) is 16.0 Å². The van der Waals surface area contributed by atoms with Gasteiger partial charge in [0.25, 0.3) is 11.7 Å². The standard InChI is InChI=1S/C27H24FNO5/c1-4-16-5-11-19(12-6-16)29-24(17-7-9-18(28)10-8-17)23(26(31)27(29)32)25(30)21-14-13-20(33-2)15-22(21)34-3/h5-15,24,30H,4H2,1-3H3/b25-23-. The third-order valence-corrected chi connectivity index (χ3v) is 5.92. The lowest BCUT2D eigenvalue weighted by atomic mass is 9.94. The monoisotopic (exact) mass is 461 g/mol. The fourth-order valence-electron chi connectivity index (χ4n) is 4.09. The van der Waals surface area contributed by atoms with Gasteiger partial charge in [-0.2, -0.15) is 0 Å². The number of ether oxygens (including phenoxy) is 2. The number of amides is 1. The normalized spacial score (nSPS) is 17.2. The van der Waals surface area contributed by atoms with Crippen LogP contribution < -0.4 is 14.4 Å². The second kappa shape index (κ2) is 9.39. The molecule has 0 radical (unpaired) electrons. The predicted molar refractivity (Wildman–Crippen MR) is 127 cm³/mol. The summed E-state index contributed by atoms with van der Waals surface area (Å²) in [4.78, 5) is 27.8. The lowest BCUT2D eigenvalue weighted by Gasteiger charge is -2.25. The Kier molecular flexibility index (Phi) is 6.36. The molecule has 0 bridgehead atoms. The van der Waals surface area contributed by atoms with E-state index in [1.807, 2.05) is 19.1 Å². The smallest absolute Gasteiger partial charge is 0.300 e. The Hall–Kier alpha value is -4.13. The van der Waals surface area contributed by atoms with Crippen LogP contribution >= 0.6 is 0 Å². The fraction of sp³-hybridized carbons (Fsp3) is 0.185. The van der Waals surface area contributed by atoms with Crippen molar-refractivity contribution in [1.29, 1.82) is 0 Å². The number of hydrogen-bond acceptors (Lipinski definition) is 5. The highest BCUT2D eigenvalue weighted by molar-refractivity contribution is 6.51. The molecule has 1 aliphatic heterocycles. The van der Waals surface area contributed by atoms with Crippen LogP contribution in [0.3, 0.4) is 0 Å². The van der Waals surface area contributed by atoms with E-state index in [-0.39, 0.29) is 22.6 Å². The van der Waals surface area contributed by atoms with Gasteiger partial charge in [-0.05, 0) is 53.9 Å². The maximum atomic E-state index is 13.7.